The third kappa shape index (κ3) is 2.67. The van der Waals surface area contributed by atoms with Crippen molar-refractivity contribution in [3.05, 3.63) is 86.2 Å². The van der Waals surface area contributed by atoms with Crippen LogP contribution in [0.15, 0.2) is 59.0 Å². The second-order valence-electron chi connectivity index (χ2n) is 6.92. The minimum Gasteiger partial charge on any atom is -0.477 e. The Kier molecular flexibility index (Phi) is 4.00. The van der Waals surface area contributed by atoms with Crippen molar-refractivity contribution in [3.8, 4) is 0 Å². The molecule has 0 fully saturated rings. The van der Waals surface area contributed by atoms with E-state index in [2.05, 4.69) is 47.9 Å². The fraction of sp³-hybridized carbons (Fsp3) is 0.182. The molecule has 0 saturated carbocycles. The molecule has 130 valence electrons. The van der Waals surface area contributed by atoms with Gasteiger partial charge >= 0.3 is 5.97 Å². The van der Waals surface area contributed by atoms with Gasteiger partial charge in [-0.2, -0.15) is 0 Å². The van der Waals surface area contributed by atoms with Crippen LogP contribution in [0.4, 0.5) is 0 Å². The van der Waals surface area contributed by atoms with Crippen molar-refractivity contribution in [2.45, 2.75) is 13.3 Å². The van der Waals surface area contributed by atoms with Crippen LogP contribution in [-0.2, 0) is 6.42 Å². The van der Waals surface area contributed by atoms with E-state index in [1.807, 2.05) is 25.5 Å². The minimum atomic E-state index is -0.867. The molecule has 0 atom stereocenters. The largest absolute Gasteiger partial charge is 0.477 e. The number of rotatable bonds is 2. The van der Waals surface area contributed by atoms with Gasteiger partial charge in [-0.15, -0.1) is 11.3 Å². The molecule has 4 rings (SSSR count). The molecule has 0 bridgehead atoms. The van der Waals surface area contributed by atoms with Crippen LogP contribution in [0.5, 0.6) is 0 Å². The number of nitrogens with zero attached hydrogens (tertiary/aromatic N) is 1. The predicted molar refractivity (Wildman–Crippen MR) is 107 cm³/mol. The summed E-state index contributed by atoms with van der Waals surface area (Å²) in [5, 5.41) is 11.5. The molecule has 0 radical (unpaired) electrons. The van der Waals surface area contributed by atoms with E-state index >= 15 is 0 Å². The Balaban J connectivity index is 2.03. The van der Waals surface area contributed by atoms with Crippen molar-refractivity contribution >= 4 is 28.6 Å². The van der Waals surface area contributed by atoms with Gasteiger partial charge in [0.1, 0.15) is 19.0 Å². The van der Waals surface area contributed by atoms with E-state index in [9.17, 15) is 9.90 Å². The van der Waals surface area contributed by atoms with Crippen molar-refractivity contribution in [2.75, 3.05) is 14.1 Å². The van der Waals surface area contributed by atoms with Gasteiger partial charge in [0.2, 0.25) is 0 Å². The molecule has 2 aliphatic rings. The van der Waals surface area contributed by atoms with Crippen LogP contribution in [0.25, 0.3) is 5.57 Å². The van der Waals surface area contributed by atoms with Crippen molar-refractivity contribution in [2.24, 2.45) is 0 Å². The summed E-state index contributed by atoms with van der Waals surface area (Å²) in [5.74, 6) is -0.867. The van der Waals surface area contributed by atoms with Gasteiger partial charge in [-0.05, 0) is 58.7 Å². The highest BCUT2D eigenvalue weighted by atomic mass is 32.1. The lowest BCUT2D eigenvalue weighted by Gasteiger charge is -2.26. The minimum absolute atomic E-state index is 0.399. The fourth-order valence-corrected chi connectivity index (χ4v) is 4.41. The molecular weight excluding hydrogens is 342 g/mol. The third-order valence-electron chi connectivity index (χ3n) is 4.91. The molecule has 0 spiro atoms. The Morgan fingerprint density at radius 2 is 1.96 bits per heavy atom. The lowest BCUT2D eigenvalue weighted by Crippen LogP contribution is -2.17. The standard InChI is InChI=1S/C22H19NO2S/c1-13-4-6-17-14(10-13)11-15-12-16(23(2)3)5-7-18(15)20(17)19-8-9-26-21(19)22(24)25/h4-10,12H,11H2,1-3H3/p+1. The Labute approximate surface area is 156 Å². The van der Waals surface area contributed by atoms with Gasteiger partial charge in [-0.25, -0.2) is 9.37 Å². The molecular formula is C22H20NO2S+. The maximum Gasteiger partial charge on any atom is 0.346 e. The lowest BCUT2D eigenvalue weighted by atomic mass is 9.77. The topological polar surface area (TPSA) is 40.3 Å². The maximum atomic E-state index is 11.7. The number of carbonyl (C=O) groups is 1. The van der Waals surface area contributed by atoms with E-state index < -0.39 is 5.97 Å². The molecule has 2 aromatic rings. The van der Waals surface area contributed by atoms with Gasteiger partial charge in [-0.3, -0.25) is 0 Å². The Morgan fingerprint density at radius 1 is 1.15 bits per heavy atom. The second kappa shape index (κ2) is 6.22. The monoisotopic (exact) mass is 362 g/mol. The average Bonchev–Trinajstić information content (AvgIpc) is 3.08. The molecule has 0 saturated heterocycles. The fourth-order valence-electron chi connectivity index (χ4n) is 3.67. The van der Waals surface area contributed by atoms with E-state index in [-0.39, 0.29) is 0 Å². The quantitative estimate of drug-likeness (QED) is 0.808. The SMILES string of the molecule is Cc1ccc2c(c1)CC1=CC(=[N+](C)C)C=CC1=C2c1ccsc1C(=O)O. The van der Waals surface area contributed by atoms with Gasteiger partial charge < -0.3 is 5.11 Å². The van der Waals surface area contributed by atoms with E-state index in [4.69, 9.17) is 0 Å². The lowest BCUT2D eigenvalue weighted by molar-refractivity contribution is -0.462. The highest BCUT2D eigenvalue weighted by molar-refractivity contribution is 7.12. The molecule has 3 nitrogen and oxygen atoms in total. The van der Waals surface area contributed by atoms with E-state index in [1.54, 1.807) is 0 Å². The first kappa shape index (κ1) is 16.7. The number of carboxylic acid groups (broad SMARTS) is 1. The number of thiophene rings is 1. The van der Waals surface area contributed by atoms with Crippen molar-refractivity contribution in [1.82, 2.24) is 0 Å². The first-order valence-electron chi connectivity index (χ1n) is 8.54. The number of carboxylic acids is 1. The number of hydrogen-bond donors (Lipinski definition) is 1. The first-order valence-corrected chi connectivity index (χ1v) is 9.42. The van der Waals surface area contributed by atoms with Crippen LogP contribution in [0.1, 0.15) is 31.9 Å². The summed E-state index contributed by atoms with van der Waals surface area (Å²) in [6, 6.07) is 8.38. The smallest absolute Gasteiger partial charge is 0.346 e. The average molecular weight is 362 g/mol. The van der Waals surface area contributed by atoms with Gasteiger partial charge in [0.25, 0.3) is 0 Å². The van der Waals surface area contributed by atoms with Crippen molar-refractivity contribution < 1.29 is 14.5 Å². The molecule has 26 heavy (non-hydrogen) atoms. The molecule has 2 aliphatic carbocycles. The predicted octanol–water partition coefficient (Wildman–Crippen LogP) is 4.32. The van der Waals surface area contributed by atoms with Crippen LogP contribution in [0.2, 0.25) is 0 Å². The first-order chi connectivity index (χ1) is 12.5. The van der Waals surface area contributed by atoms with E-state index in [1.165, 1.54) is 28.0 Å². The van der Waals surface area contributed by atoms with Crippen LogP contribution in [0, 0.1) is 6.92 Å². The number of aryl methyl sites for hydroxylation is 1. The molecule has 0 aliphatic heterocycles. The molecule has 4 heteroatoms. The molecule has 1 heterocycles. The van der Waals surface area contributed by atoms with Gasteiger partial charge in [-0.1, -0.05) is 23.8 Å². The van der Waals surface area contributed by atoms with Gasteiger partial charge in [0.15, 0.2) is 5.71 Å². The number of fused-ring (bicyclic) bond motifs is 2. The number of hydrogen-bond acceptors (Lipinski definition) is 2. The number of allylic oxidation sites excluding steroid dienone is 5. The molecule has 0 amide bonds. The summed E-state index contributed by atoms with van der Waals surface area (Å²) < 4.78 is 2.10. The third-order valence-corrected chi connectivity index (χ3v) is 5.82. The Hall–Kier alpha value is -2.72. The number of aromatic carboxylic acids is 1. The summed E-state index contributed by atoms with van der Waals surface area (Å²) in [5.41, 5.74) is 8.99. The summed E-state index contributed by atoms with van der Waals surface area (Å²) in [4.78, 5) is 12.1. The molecule has 1 N–H and O–H groups in total. The molecule has 1 aromatic heterocycles. The highest BCUT2D eigenvalue weighted by Crippen LogP contribution is 2.42. The van der Waals surface area contributed by atoms with Crippen LogP contribution >= 0.6 is 11.3 Å². The normalized spacial score (nSPS) is 15.5. The van der Waals surface area contributed by atoms with Crippen LogP contribution in [0.3, 0.4) is 0 Å². The zero-order chi connectivity index (χ0) is 18.4. The number of benzene rings is 1. The maximum absolute atomic E-state index is 11.7. The molecule has 0 unspecified atom stereocenters. The van der Waals surface area contributed by atoms with Gasteiger partial charge in [0, 0.05) is 17.7 Å². The van der Waals surface area contributed by atoms with Crippen LogP contribution in [-0.4, -0.2) is 35.5 Å². The highest BCUT2D eigenvalue weighted by Gasteiger charge is 2.28. The summed E-state index contributed by atoms with van der Waals surface area (Å²) in [6.45, 7) is 2.10. The van der Waals surface area contributed by atoms with Crippen LogP contribution < -0.4 is 0 Å². The summed E-state index contributed by atoms with van der Waals surface area (Å²) in [7, 11) is 4.07. The Bertz CT molecular complexity index is 1060. The summed E-state index contributed by atoms with van der Waals surface area (Å²) >= 11 is 1.28. The zero-order valence-electron chi connectivity index (χ0n) is 15.0. The summed E-state index contributed by atoms with van der Waals surface area (Å²) in [6.07, 6.45) is 7.31. The van der Waals surface area contributed by atoms with E-state index in [0.717, 1.165) is 34.4 Å². The Morgan fingerprint density at radius 3 is 2.69 bits per heavy atom. The van der Waals surface area contributed by atoms with Gasteiger partial charge in [0.05, 0.1) is 0 Å². The second-order valence-corrected chi connectivity index (χ2v) is 7.83. The van der Waals surface area contributed by atoms with E-state index in [0.29, 0.717) is 4.88 Å². The van der Waals surface area contributed by atoms with Crippen molar-refractivity contribution in [1.29, 1.82) is 0 Å². The zero-order valence-corrected chi connectivity index (χ0v) is 15.9. The van der Waals surface area contributed by atoms with Crippen molar-refractivity contribution in [3.63, 3.8) is 0 Å². The molecule has 1 aromatic carbocycles.